The number of carbonyl (C=O) groups excluding carboxylic acids is 2. The van der Waals surface area contributed by atoms with E-state index in [2.05, 4.69) is 35.1 Å². The van der Waals surface area contributed by atoms with Crippen LogP contribution in [-0.2, 0) is 16.1 Å². The van der Waals surface area contributed by atoms with Gasteiger partial charge in [0.2, 0.25) is 5.91 Å². The smallest absolute Gasteiger partial charge is 0.261 e. The van der Waals surface area contributed by atoms with Crippen molar-refractivity contribution in [2.24, 2.45) is 0 Å². The van der Waals surface area contributed by atoms with Crippen LogP contribution in [0.15, 0.2) is 40.9 Å². The van der Waals surface area contributed by atoms with Crippen LogP contribution in [0.1, 0.15) is 76.3 Å². The van der Waals surface area contributed by atoms with E-state index < -0.39 is 6.04 Å². The summed E-state index contributed by atoms with van der Waals surface area (Å²) in [4.78, 5) is 28.4. The summed E-state index contributed by atoms with van der Waals surface area (Å²) in [6, 6.07) is 10.7. The molecule has 2 amide bonds. The summed E-state index contributed by atoms with van der Waals surface area (Å²) in [5, 5.41) is 4.03. The number of hydrogen-bond acceptors (Lipinski definition) is 3. The van der Waals surface area contributed by atoms with E-state index >= 15 is 0 Å². The van der Waals surface area contributed by atoms with Gasteiger partial charge in [0.25, 0.3) is 5.91 Å². The standard InChI is InChI=1S/C28H35BrCl2N2O3/c1-4-25(28(35)32-21-8-6-5-7-9-21)33(16-19-10-12-23(30)24(31)14-19)27(34)17-36-26-13-11-20(18(2)3)15-22(26)29/h10-15,18,21,25H,4-9,16-17H2,1-3H3,(H,32,35)/t25-/m0/s1. The maximum Gasteiger partial charge on any atom is 0.261 e. The van der Waals surface area contributed by atoms with Crippen molar-refractivity contribution in [2.45, 2.75) is 83.8 Å². The van der Waals surface area contributed by atoms with Crippen LogP contribution in [0.5, 0.6) is 5.75 Å². The van der Waals surface area contributed by atoms with Gasteiger partial charge in [-0.05, 0) is 76.5 Å². The third-order valence-electron chi connectivity index (χ3n) is 6.65. The van der Waals surface area contributed by atoms with E-state index in [1.54, 1.807) is 17.0 Å². The van der Waals surface area contributed by atoms with Crippen molar-refractivity contribution in [3.63, 3.8) is 0 Å². The van der Waals surface area contributed by atoms with Gasteiger partial charge >= 0.3 is 0 Å². The monoisotopic (exact) mass is 596 g/mol. The minimum Gasteiger partial charge on any atom is -0.483 e. The van der Waals surface area contributed by atoms with Gasteiger partial charge in [0.1, 0.15) is 11.8 Å². The maximum absolute atomic E-state index is 13.5. The number of nitrogens with one attached hydrogen (secondary N) is 1. The van der Waals surface area contributed by atoms with E-state index in [1.165, 1.54) is 12.0 Å². The van der Waals surface area contributed by atoms with Gasteiger partial charge in [0, 0.05) is 12.6 Å². The zero-order valence-corrected chi connectivity index (χ0v) is 24.3. The maximum atomic E-state index is 13.5. The zero-order valence-electron chi connectivity index (χ0n) is 21.2. The van der Waals surface area contributed by atoms with E-state index in [1.807, 2.05) is 31.2 Å². The van der Waals surface area contributed by atoms with Gasteiger partial charge in [-0.2, -0.15) is 0 Å². The van der Waals surface area contributed by atoms with Crippen molar-refractivity contribution in [2.75, 3.05) is 6.61 Å². The number of carbonyl (C=O) groups is 2. The van der Waals surface area contributed by atoms with Gasteiger partial charge in [0.15, 0.2) is 6.61 Å². The largest absolute Gasteiger partial charge is 0.483 e. The van der Waals surface area contributed by atoms with Crippen LogP contribution in [0.25, 0.3) is 0 Å². The molecule has 1 saturated carbocycles. The molecule has 36 heavy (non-hydrogen) atoms. The highest BCUT2D eigenvalue weighted by Crippen LogP contribution is 2.29. The molecule has 196 valence electrons. The minimum atomic E-state index is -0.621. The molecule has 2 aromatic rings. The van der Waals surface area contributed by atoms with Crippen molar-refractivity contribution < 1.29 is 14.3 Å². The van der Waals surface area contributed by atoms with Crippen molar-refractivity contribution in [3.8, 4) is 5.75 Å². The number of nitrogens with zero attached hydrogens (tertiary/aromatic N) is 1. The van der Waals surface area contributed by atoms with Crippen LogP contribution >= 0.6 is 39.1 Å². The van der Waals surface area contributed by atoms with Crippen LogP contribution in [0.3, 0.4) is 0 Å². The van der Waals surface area contributed by atoms with Gasteiger partial charge in [-0.1, -0.05) is 75.4 Å². The Hall–Kier alpha value is -1.76. The molecule has 2 aromatic carbocycles. The fraction of sp³-hybridized carbons (Fsp3) is 0.500. The highest BCUT2D eigenvalue weighted by Gasteiger charge is 2.30. The summed E-state index contributed by atoms with van der Waals surface area (Å²) in [5.74, 6) is 0.570. The summed E-state index contributed by atoms with van der Waals surface area (Å²) in [5.41, 5.74) is 1.97. The Morgan fingerprint density at radius 1 is 1.08 bits per heavy atom. The molecule has 0 bridgehead atoms. The van der Waals surface area contributed by atoms with Gasteiger partial charge in [-0.15, -0.1) is 0 Å². The summed E-state index contributed by atoms with van der Waals surface area (Å²) < 4.78 is 6.69. The molecule has 8 heteroatoms. The highest BCUT2D eigenvalue weighted by molar-refractivity contribution is 9.10. The average Bonchev–Trinajstić information content (AvgIpc) is 2.85. The molecule has 0 unspecified atom stereocenters. The Balaban J connectivity index is 1.79. The van der Waals surface area contributed by atoms with Crippen LogP contribution in [0, 0.1) is 0 Å². The third-order valence-corrected chi connectivity index (χ3v) is 8.01. The second-order valence-electron chi connectivity index (χ2n) is 9.67. The molecule has 1 aliphatic rings. The van der Waals surface area contributed by atoms with Crippen LogP contribution < -0.4 is 10.1 Å². The van der Waals surface area contributed by atoms with Gasteiger partial charge < -0.3 is 15.0 Å². The van der Waals surface area contributed by atoms with Gasteiger partial charge in [-0.25, -0.2) is 0 Å². The van der Waals surface area contributed by atoms with E-state index in [0.717, 1.165) is 35.7 Å². The lowest BCUT2D eigenvalue weighted by Gasteiger charge is -2.32. The molecule has 1 fully saturated rings. The molecular formula is C28H35BrCl2N2O3. The molecule has 5 nitrogen and oxygen atoms in total. The van der Waals surface area contributed by atoms with E-state index in [0.29, 0.717) is 28.1 Å². The number of amides is 2. The van der Waals surface area contributed by atoms with E-state index in [-0.39, 0.29) is 31.0 Å². The van der Waals surface area contributed by atoms with Crippen molar-refractivity contribution >= 4 is 50.9 Å². The Kier molecular flexibility index (Phi) is 11.0. The predicted molar refractivity (Wildman–Crippen MR) is 150 cm³/mol. The lowest BCUT2D eigenvalue weighted by atomic mass is 9.95. The fourth-order valence-electron chi connectivity index (χ4n) is 4.51. The summed E-state index contributed by atoms with van der Waals surface area (Å²) in [7, 11) is 0. The first-order chi connectivity index (χ1) is 17.2. The molecule has 1 N–H and O–H groups in total. The van der Waals surface area contributed by atoms with Crippen LogP contribution in [0.4, 0.5) is 0 Å². The first-order valence-corrected chi connectivity index (χ1v) is 14.2. The van der Waals surface area contributed by atoms with Crippen molar-refractivity contribution in [1.29, 1.82) is 0 Å². The normalized spacial score (nSPS) is 15.0. The minimum absolute atomic E-state index is 0.125. The lowest BCUT2D eigenvalue weighted by molar-refractivity contribution is -0.143. The second kappa shape index (κ2) is 13.7. The van der Waals surface area contributed by atoms with Gasteiger partial charge in [0.05, 0.1) is 14.5 Å². The Morgan fingerprint density at radius 2 is 1.81 bits per heavy atom. The number of ether oxygens (including phenoxy) is 1. The van der Waals surface area contributed by atoms with E-state index in [9.17, 15) is 9.59 Å². The topological polar surface area (TPSA) is 58.6 Å². The molecule has 0 aromatic heterocycles. The first kappa shape index (κ1) is 28.8. The molecule has 0 aliphatic heterocycles. The van der Waals surface area contributed by atoms with Crippen molar-refractivity contribution in [3.05, 3.63) is 62.0 Å². The third kappa shape index (κ3) is 7.87. The second-order valence-corrected chi connectivity index (χ2v) is 11.3. The molecule has 0 spiro atoms. The first-order valence-electron chi connectivity index (χ1n) is 12.7. The molecule has 0 radical (unpaired) electrons. The quantitative estimate of drug-likeness (QED) is 0.308. The number of rotatable bonds is 10. The van der Waals surface area contributed by atoms with Crippen LogP contribution in [0.2, 0.25) is 10.0 Å². The SMILES string of the molecule is CC[C@@H](C(=O)NC1CCCCC1)N(Cc1ccc(Cl)c(Cl)c1)C(=O)COc1ccc(C(C)C)cc1Br. The zero-order chi connectivity index (χ0) is 26.2. The fourth-order valence-corrected chi connectivity index (χ4v) is 5.35. The predicted octanol–water partition coefficient (Wildman–Crippen LogP) is 7.51. The Labute approximate surface area is 233 Å². The lowest BCUT2D eigenvalue weighted by Crippen LogP contribution is -2.52. The molecule has 3 rings (SSSR count). The molecular weight excluding hydrogens is 563 g/mol. The number of benzene rings is 2. The molecule has 0 saturated heterocycles. The summed E-state index contributed by atoms with van der Waals surface area (Å²) in [6.07, 6.45) is 5.88. The number of halogens is 3. The van der Waals surface area contributed by atoms with Crippen LogP contribution in [-0.4, -0.2) is 35.4 Å². The molecule has 0 heterocycles. The highest BCUT2D eigenvalue weighted by atomic mass is 79.9. The van der Waals surface area contributed by atoms with E-state index in [4.69, 9.17) is 27.9 Å². The molecule has 1 atom stereocenters. The summed E-state index contributed by atoms with van der Waals surface area (Å²) in [6.45, 7) is 6.20. The number of hydrogen-bond donors (Lipinski definition) is 1. The molecule has 1 aliphatic carbocycles. The Morgan fingerprint density at radius 3 is 2.42 bits per heavy atom. The van der Waals surface area contributed by atoms with Crippen molar-refractivity contribution in [1.82, 2.24) is 10.2 Å². The summed E-state index contributed by atoms with van der Waals surface area (Å²) >= 11 is 15.9. The average molecular weight is 598 g/mol. The van der Waals surface area contributed by atoms with Gasteiger partial charge in [-0.3, -0.25) is 9.59 Å². The Bertz CT molecular complexity index is 1060.